The second kappa shape index (κ2) is 6.34. The molecule has 2 aromatic rings. The van der Waals surface area contributed by atoms with Crippen molar-refractivity contribution in [3.05, 3.63) is 23.4 Å². The van der Waals surface area contributed by atoms with Crippen LogP contribution in [0.3, 0.4) is 0 Å². The number of hydrogen-bond donors (Lipinski definition) is 0. The highest BCUT2D eigenvalue weighted by Crippen LogP contribution is 2.31. The summed E-state index contributed by atoms with van der Waals surface area (Å²) in [4.78, 5) is 11.1. The molecule has 7 nitrogen and oxygen atoms in total. The molecule has 0 bridgehead atoms. The van der Waals surface area contributed by atoms with Crippen molar-refractivity contribution in [1.82, 2.24) is 25.2 Å². The highest BCUT2D eigenvalue weighted by Gasteiger charge is 2.30. The van der Waals surface area contributed by atoms with Gasteiger partial charge in [-0.05, 0) is 25.8 Å². The lowest BCUT2D eigenvalue weighted by Gasteiger charge is -2.19. The molecule has 114 valence electrons. The van der Waals surface area contributed by atoms with Crippen molar-refractivity contribution in [3.63, 3.8) is 0 Å². The Hall–Kier alpha value is -1.76. The van der Waals surface area contributed by atoms with Crippen LogP contribution in [0.2, 0.25) is 0 Å². The molecule has 0 aliphatic carbocycles. The third-order valence-corrected chi connectivity index (χ3v) is 3.80. The topological polar surface area (TPSA) is 81.1 Å². The van der Waals surface area contributed by atoms with Gasteiger partial charge in [-0.15, -0.1) is 0 Å². The SMILES string of the molecule is CCCCc1nc(CN2CCC[C@@H]2c2noc(C)n2)no1. The fraction of sp³-hybridized carbons (Fsp3) is 0.714. The highest BCUT2D eigenvalue weighted by atomic mass is 16.5. The largest absolute Gasteiger partial charge is 0.340 e. The van der Waals surface area contributed by atoms with Crippen molar-refractivity contribution in [2.75, 3.05) is 6.54 Å². The lowest BCUT2D eigenvalue weighted by molar-refractivity contribution is 0.225. The van der Waals surface area contributed by atoms with Gasteiger partial charge in [-0.3, -0.25) is 4.90 Å². The van der Waals surface area contributed by atoms with E-state index in [1.165, 1.54) is 0 Å². The standard InChI is InChI=1S/C14H21N5O2/c1-3-4-7-13-16-12(17-21-13)9-19-8-5-6-11(19)14-15-10(2)20-18-14/h11H,3-9H2,1-2H3/t11-/m1/s1. The zero-order valence-electron chi connectivity index (χ0n) is 12.6. The molecule has 3 heterocycles. The number of aryl methyl sites for hydroxylation is 2. The molecule has 1 aliphatic rings. The van der Waals surface area contributed by atoms with E-state index in [1.54, 1.807) is 0 Å². The van der Waals surface area contributed by atoms with Gasteiger partial charge in [0.1, 0.15) is 0 Å². The van der Waals surface area contributed by atoms with Crippen molar-refractivity contribution < 1.29 is 9.05 Å². The van der Waals surface area contributed by atoms with E-state index >= 15 is 0 Å². The first-order valence-corrected chi connectivity index (χ1v) is 7.62. The number of likely N-dealkylation sites (tertiary alicyclic amines) is 1. The molecule has 0 amide bonds. The van der Waals surface area contributed by atoms with Crippen LogP contribution >= 0.6 is 0 Å². The zero-order chi connectivity index (χ0) is 14.7. The summed E-state index contributed by atoms with van der Waals surface area (Å²) >= 11 is 0. The maximum atomic E-state index is 5.28. The van der Waals surface area contributed by atoms with Gasteiger partial charge in [0, 0.05) is 13.3 Å². The summed E-state index contributed by atoms with van der Waals surface area (Å²) in [6, 6.07) is 0.194. The maximum Gasteiger partial charge on any atom is 0.226 e. The lowest BCUT2D eigenvalue weighted by Crippen LogP contribution is -2.24. The van der Waals surface area contributed by atoms with Gasteiger partial charge in [-0.1, -0.05) is 23.7 Å². The minimum Gasteiger partial charge on any atom is -0.340 e. The predicted octanol–water partition coefficient (Wildman–Crippen LogP) is 2.44. The average molecular weight is 291 g/mol. The summed E-state index contributed by atoms with van der Waals surface area (Å²) in [5, 5.41) is 8.12. The maximum absolute atomic E-state index is 5.28. The number of unbranched alkanes of at least 4 members (excludes halogenated alkanes) is 1. The van der Waals surface area contributed by atoms with Gasteiger partial charge in [0.15, 0.2) is 11.6 Å². The lowest BCUT2D eigenvalue weighted by atomic mass is 10.2. The van der Waals surface area contributed by atoms with E-state index in [4.69, 9.17) is 9.05 Å². The van der Waals surface area contributed by atoms with Gasteiger partial charge >= 0.3 is 0 Å². The van der Waals surface area contributed by atoms with Gasteiger partial charge in [-0.25, -0.2) is 0 Å². The first-order valence-electron chi connectivity index (χ1n) is 7.62. The van der Waals surface area contributed by atoms with Gasteiger partial charge in [0.05, 0.1) is 12.6 Å². The second-order valence-corrected chi connectivity index (χ2v) is 5.51. The molecule has 3 rings (SSSR count). The molecule has 0 saturated carbocycles. The van der Waals surface area contributed by atoms with Crippen molar-refractivity contribution in [2.24, 2.45) is 0 Å². The molecule has 1 aliphatic heterocycles. The Labute approximate surface area is 123 Å². The first-order chi connectivity index (χ1) is 10.3. The van der Waals surface area contributed by atoms with E-state index in [1.807, 2.05) is 6.92 Å². The molecule has 0 unspecified atom stereocenters. The van der Waals surface area contributed by atoms with E-state index in [0.717, 1.165) is 56.2 Å². The van der Waals surface area contributed by atoms with Crippen molar-refractivity contribution in [1.29, 1.82) is 0 Å². The Kier molecular flexibility index (Phi) is 4.28. The number of hydrogen-bond acceptors (Lipinski definition) is 7. The van der Waals surface area contributed by atoms with Gasteiger partial charge in [-0.2, -0.15) is 9.97 Å². The van der Waals surface area contributed by atoms with Gasteiger partial charge in [0.25, 0.3) is 0 Å². The molecule has 0 aromatic carbocycles. The van der Waals surface area contributed by atoms with E-state index in [0.29, 0.717) is 12.4 Å². The molecule has 21 heavy (non-hydrogen) atoms. The first kappa shape index (κ1) is 14.2. The van der Waals surface area contributed by atoms with Crippen molar-refractivity contribution in [3.8, 4) is 0 Å². The molecule has 1 saturated heterocycles. The molecular weight excluding hydrogens is 270 g/mol. The van der Waals surface area contributed by atoms with Crippen molar-refractivity contribution >= 4 is 0 Å². The molecular formula is C14H21N5O2. The molecule has 0 spiro atoms. The Morgan fingerprint density at radius 3 is 2.90 bits per heavy atom. The molecule has 1 atom stereocenters. The highest BCUT2D eigenvalue weighted by molar-refractivity contribution is 4.99. The summed E-state index contributed by atoms with van der Waals surface area (Å²) < 4.78 is 10.4. The smallest absolute Gasteiger partial charge is 0.226 e. The van der Waals surface area contributed by atoms with Crippen LogP contribution < -0.4 is 0 Å². The molecule has 0 radical (unpaired) electrons. The van der Waals surface area contributed by atoms with E-state index < -0.39 is 0 Å². The van der Waals surface area contributed by atoms with Crippen LogP contribution in [0.25, 0.3) is 0 Å². The normalized spacial score (nSPS) is 19.4. The molecule has 7 heteroatoms. The van der Waals surface area contributed by atoms with E-state index in [2.05, 4.69) is 32.1 Å². The van der Waals surface area contributed by atoms with Crippen LogP contribution in [0, 0.1) is 6.92 Å². The minimum absolute atomic E-state index is 0.194. The quantitative estimate of drug-likeness (QED) is 0.808. The predicted molar refractivity (Wildman–Crippen MR) is 74.3 cm³/mol. The average Bonchev–Trinajstić information content (AvgIpc) is 3.18. The van der Waals surface area contributed by atoms with Crippen LogP contribution in [0.5, 0.6) is 0 Å². The Morgan fingerprint density at radius 1 is 1.24 bits per heavy atom. The summed E-state index contributed by atoms with van der Waals surface area (Å²) in [7, 11) is 0. The molecule has 0 N–H and O–H groups in total. The third kappa shape index (κ3) is 3.29. The van der Waals surface area contributed by atoms with Crippen LogP contribution in [-0.4, -0.2) is 31.7 Å². The second-order valence-electron chi connectivity index (χ2n) is 5.51. The van der Waals surface area contributed by atoms with Crippen LogP contribution in [0.1, 0.15) is 62.1 Å². The third-order valence-electron chi connectivity index (χ3n) is 3.80. The summed E-state index contributed by atoms with van der Waals surface area (Å²) in [6.45, 7) is 5.64. The minimum atomic E-state index is 0.194. The monoisotopic (exact) mass is 291 g/mol. The fourth-order valence-electron chi connectivity index (χ4n) is 2.72. The van der Waals surface area contributed by atoms with Gasteiger partial charge in [0.2, 0.25) is 11.8 Å². The van der Waals surface area contributed by atoms with Crippen molar-refractivity contribution in [2.45, 2.75) is 58.5 Å². The Morgan fingerprint density at radius 2 is 2.14 bits per heavy atom. The number of nitrogens with zero attached hydrogens (tertiary/aromatic N) is 5. The summed E-state index contributed by atoms with van der Waals surface area (Å²) in [5.41, 5.74) is 0. The number of aromatic nitrogens is 4. The van der Waals surface area contributed by atoms with Crippen LogP contribution in [-0.2, 0) is 13.0 Å². The van der Waals surface area contributed by atoms with Crippen LogP contribution in [0.15, 0.2) is 9.05 Å². The molecule has 2 aromatic heterocycles. The van der Waals surface area contributed by atoms with E-state index in [-0.39, 0.29) is 6.04 Å². The number of rotatable bonds is 6. The summed E-state index contributed by atoms with van der Waals surface area (Å²) in [6.07, 6.45) is 5.23. The zero-order valence-corrected chi connectivity index (χ0v) is 12.6. The molecule has 1 fully saturated rings. The fourth-order valence-corrected chi connectivity index (χ4v) is 2.72. The summed E-state index contributed by atoms with van der Waals surface area (Å²) in [5.74, 6) is 2.85. The van der Waals surface area contributed by atoms with Crippen LogP contribution in [0.4, 0.5) is 0 Å². The Balaban J connectivity index is 1.64. The Bertz CT molecular complexity index is 579. The van der Waals surface area contributed by atoms with Gasteiger partial charge < -0.3 is 9.05 Å². The van der Waals surface area contributed by atoms with E-state index in [9.17, 15) is 0 Å².